The molecular formula is C14H16ClNO2. The van der Waals surface area contributed by atoms with Gasteiger partial charge in [0, 0.05) is 0 Å². The number of carbonyl (C=O) groups excluding carboxylic acids is 1. The summed E-state index contributed by atoms with van der Waals surface area (Å²) >= 11 is 6.11. The standard InChI is InChI=1S/C14H16ClNO2/c1-4-9-18-14(17)10(3)16-13-11(5-2)7-6-8-12(13)15/h1,6-8,10,16H,5,9H2,2-3H3. The van der Waals surface area contributed by atoms with Crippen molar-refractivity contribution in [1.29, 1.82) is 0 Å². The number of ether oxygens (including phenoxy) is 1. The second-order valence-electron chi connectivity index (χ2n) is 3.81. The van der Waals surface area contributed by atoms with E-state index < -0.39 is 12.0 Å². The fourth-order valence-corrected chi connectivity index (χ4v) is 1.79. The van der Waals surface area contributed by atoms with Crippen LogP contribution in [0.1, 0.15) is 19.4 Å². The van der Waals surface area contributed by atoms with Gasteiger partial charge in [-0.1, -0.05) is 36.6 Å². The number of anilines is 1. The Labute approximate surface area is 112 Å². The van der Waals surface area contributed by atoms with Crippen LogP contribution in [-0.4, -0.2) is 18.6 Å². The predicted molar refractivity (Wildman–Crippen MR) is 73.7 cm³/mol. The lowest BCUT2D eigenvalue weighted by molar-refractivity contribution is -0.142. The van der Waals surface area contributed by atoms with Gasteiger partial charge in [-0.25, -0.2) is 4.79 Å². The summed E-state index contributed by atoms with van der Waals surface area (Å²) < 4.78 is 4.86. The van der Waals surface area contributed by atoms with E-state index in [1.54, 1.807) is 13.0 Å². The number of rotatable bonds is 5. The third kappa shape index (κ3) is 3.68. The number of terminal acetylenes is 1. The molecule has 0 saturated carbocycles. The van der Waals surface area contributed by atoms with Crippen LogP contribution in [0.15, 0.2) is 18.2 Å². The fourth-order valence-electron chi connectivity index (χ4n) is 1.54. The van der Waals surface area contributed by atoms with Crippen molar-refractivity contribution in [1.82, 2.24) is 0 Å². The highest BCUT2D eigenvalue weighted by Crippen LogP contribution is 2.27. The lowest BCUT2D eigenvalue weighted by Crippen LogP contribution is -2.28. The van der Waals surface area contributed by atoms with Crippen LogP contribution in [0.25, 0.3) is 0 Å². The maximum Gasteiger partial charge on any atom is 0.329 e. The first-order valence-corrected chi connectivity index (χ1v) is 6.12. The molecule has 18 heavy (non-hydrogen) atoms. The summed E-state index contributed by atoms with van der Waals surface area (Å²) in [6.45, 7) is 3.72. The molecule has 0 amide bonds. The molecule has 0 spiro atoms. The number of esters is 1. The van der Waals surface area contributed by atoms with Crippen molar-refractivity contribution in [2.75, 3.05) is 11.9 Å². The Kier molecular flexibility index (Phi) is 5.54. The highest BCUT2D eigenvalue weighted by molar-refractivity contribution is 6.33. The molecule has 0 aromatic heterocycles. The van der Waals surface area contributed by atoms with E-state index in [2.05, 4.69) is 11.2 Å². The van der Waals surface area contributed by atoms with Crippen LogP contribution in [-0.2, 0) is 16.0 Å². The lowest BCUT2D eigenvalue weighted by Gasteiger charge is -2.17. The van der Waals surface area contributed by atoms with Gasteiger partial charge in [-0.3, -0.25) is 0 Å². The summed E-state index contributed by atoms with van der Waals surface area (Å²) in [6.07, 6.45) is 5.86. The van der Waals surface area contributed by atoms with Crippen molar-refractivity contribution >= 4 is 23.3 Å². The molecule has 1 atom stereocenters. The van der Waals surface area contributed by atoms with Gasteiger partial charge in [0.15, 0.2) is 6.61 Å². The van der Waals surface area contributed by atoms with Crippen molar-refractivity contribution in [2.45, 2.75) is 26.3 Å². The highest BCUT2D eigenvalue weighted by Gasteiger charge is 2.16. The van der Waals surface area contributed by atoms with Crippen LogP contribution in [0, 0.1) is 12.3 Å². The average Bonchev–Trinajstić information content (AvgIpc) is 2.38. The molecule has 0 saturated heterocycles. The molecule has 0 heterocycles. The van der Waals surface area contributed by atoms with Crippen molar-refractivity contribution in [3.05, 3.63) is 28.8 Å². The van der Waals surface area contributed by atoms with Gasteiger partial charge in [-0.15, -0.1) is 6.42 Å². The zero-order valence-electron chi connectivity index (χ0n) is 10.5. The van der Waals surface area contributed by atoms with Gasteiger partial charge < -0.3 is 10.1 Å². The molecule has 0 fully saturated rings. The van der Waals surface area contributed by atoms with Crippen LogP contribution in [0.5, 0.6) is 0 Å². The summed E-state index contributed by atoms with van der Waals surface area (Å²) in [7, 11) is 0. The molecule has 1 aromatic rings. The number of nitrogens with one attached hydrogen (secondary N) is 1. The second-order valence-corrected chi connectivity index (χ2v) is 4.21. The molecule has 1 N–H and O–H groups in total. The monoisotopic (exact) mass is 265 g/mol. The van der Waals surface area contributed by atoms with Crippen LogP contribution in [0.3, 0.4) is 0 Å². The first kappa shape index (κ1) is 14.4. The Morgan fingerprint density at radius 1 is 1.61 bits per heavy atom. The van der Waals surface area contributed by atoms with Gasteiger partial charge in [0.1, 0.15) is 6.04 Å². The Bertz CT molecular complexity index is 465. The number of halogens is 1. The zero-order chi connectivity index (χ0) is 13.5. The van der Waals surface area contributed by atoms with E-state index in [-0.39, 0.29) is 6.61 Å². The van der Waals surface area contributed by atoms with E-state index in [1.807, 2.05) is 19.1 Å². The van der Waals surface area contributed by atoms with Gasteiger partial charge in [0.05, 0.1) is 10.7 Å². The maximum atomic E-state index is 11.6. The molecule has 4 heteroatoms. The van der Waals surface area contributed by atoms with Crippen molar-refractivity contribution in [2.24, 2.45) is 0 Å². The molecule has 3 nitrogen and oxygen atoms in total. The predicted octanol–water partition coefficient (Wildman–Crippen LogP) is 2.88. The molecule has 1 rings (SSSR count). The van der Waals surface area contributed by atoms with E-state index in [0.717, 1.165) is 17.7 Å². The van der Waals surface area contributed by atoms with Crippen LogP contribution in [0.2, 0.25) is 5.02 Å². The Morgan fingerprint density at radius 2 is 2.33 bits per heavy atom. The molecule has 0 aliphatic heterocycles. The zero-order valence-corrected chi connectivity index (χ0v) is 11.3. The van der Waals surface area contributed by atoms with Gasteiger partial charge in [0.25, 0.3) is 0 Å². The number of hydrogen-bond donors (Lipinski definition) is 1. The SMILES string of the molecule is C#CCOC(=O)C(C)Nc1c(Cl)cccc1CC. The van der Waals surface area contributed by atoms with Crippen LogP contribution < -0.4 is 5.32 Å². The van der Waals surface area contributed by atoms with Crippen LogP contribution >= 0.6 is 11.6 Å². The highest BCUT2D eigenvalue weighted by atomic mass is 35.5. The summed E-state index contributed by atoms with van der Waals surface area (Å²) in [5, 5.41) is 3.65. The van der Waals surface area contributed by atoms with E-state index in [1.165, 1.54) is 0 Å². The minimum Gasteiger partial charge on any atom is -0.451 e. The first-order valence-electron chi connectivity index (χ1n) is 5.74. The molecule has 0 bridgehead atoms. The van der Waals surface area contributed by atoms with Gasteiger partial charge >= 0.3 is 5.97 Å². The second kappa shape index (κ2) is 6.93. The maximum absolute atomic E-state index is 11.6. The van der Waals surface area contributed by atoms with E-state index >= 15 is 0 Å². The van der Waals surface area contributed by atoms with Gasteiger partial charge in [-0.05, 0) is 25.0 Å². The molecule has 0 radical (unpaired) electrons. The Hall–Kier alpha value is -1.66. The molecule has 1 unspecified atom stereocenters. The molecular weight excluding hydrogens is 250 g/mol. The summed E-state index contributed by atoms with van der Waals surface area (Å²) in [4.78, 5) is 11.6. The average molecular weight is 266 g/mol. The molecule has 0 aliphatic carbocycles. The summed E-state index contributed by atoms with van der Waals surface area (Å²) in [5.41, 5.74) is 1.82. The normalized spacial score (nSPS) is 11.4. The first-order chi connectivity index (χ1) is 8.60. The fraction of sp³-hybridized carbons (Fsp3) is 0.357. The molecule has 1 aromatic carbocycles. The third-order valence-corrected chi connectivity index (χ3v) is 2.81. The van der Waals surface area contributed by atoms with Crippen LogP contribution in [0.4, 0.5) is 5.69 Å². The lowest BCUT2D eigenvalue weighted by atomic mass is 10.1. The smallest absolute Gasteiger partial charge is 0.329 e. The number of carbonyl (C=O) groups is 1. The minimum absolute atomic E-state index is 0.0198. The van der Waals surface area contributed by atoms with Gasteiger partial charge in [0.2, 0.25) is 0 Å². The van der Waals surface area contributed by atoms with Crippen molar-refractivity contribution in [3.8, 4) is 12.3 Å². The Balaban J connectivity index is 2.78. The Morgan fingerprint density at radius 3 is 2.94 bits per heavy atom. The van der Waals surface area contributed by atoms with Gasteiger partial charge in [-0.2, -0.15) is 0 Å². The topological polar surface area (TPSA) is 38.3 Å². The molecule has 0 aliphatic rings. The van der Waals surface area contributed by atoms with Crippen molar-refractivity contribution in [3.63, 3.8) is 0 Å². The molecule has 96 valence electrons. The van der Waals surface area contributed by atoms with E-state index in [0.29, 0.717) is 5.02 Å². The number of aryl methyl sites for hydroxylation is 1. The summed E-state index contributed by atoms with van der Waals surface area (Å²) in [5.74, 6) is 1.86. The largest absolute Gasteiger partial charge is 0.451 e. The summed E-state index contributed by atoms with van der Waals surface area (Å²) in [6, 6.07) is 5.13. The minimum atomic E-state index is -0.497. The number of hydrogen-bond acceptors (Lipinski definition) is 3. The quantitative estimate of drug-likeness (QED) is 0.657. The van der Waals surface area contributed by atoms with E-state index in [9.17, 15) is 4.79 Å². The van der Waals surface area contributed by atoms with Crippen molar-refractivity contribution < 1.29 is 9.53 Å². The number of para-hydroxylation sites is 1. The number of benzene rings is 1. The van der Waals surface area contributed by atoms with E-state index in [4.69, 9.17) is 22.8 Å². The third-order valence-electron chi connectivity index (χ3n) is 2.49.